The van der Waals surface area contributed by atoms with Crippen molar-refractivity contribution in [2.45, 2.75) is 111 Å². The van der Waals surface area contributed by atoms with Gasteiger partial charge in [0.05, 0.1) is 12.2 Å². The van der Waals surface area contributed by atoms with E-state index >= 15 is 0 Å². The van der Waals surface area contributed by atoms with E-state index in [2.05, 4.69) is 20.8 Å². The first kappa shape index (κ1) is 27.4. The number of hydrogen-bond donors (Lipinski definition) is 3. The van der Waals surface area contributed by atoms with E-state index in [0.717, 1.165) is 36.8 Å². The Morgan fingerprint density at radius 2 is 1.69 bits per heavy atom. The molecule has 4 aliphatic rings. The molecule has 4 saturated carbocycles. The maximum atomic E-state index is 12.5. The number of carboxylic acids is 1. The number of aliphatic hydroxyl groups is 2. The van der Waals surface area contributed by atoms with Gasteiger partial charge in [0.1, 0.15) is 6.10 Å². The Kier molecular flexibility index (Phi) is 7.53. The molecule has 2 unspecified atom stereocenters. The Balaban J connectivity index is 1.77. The molecule has 4 fully saturated rings. The smallest absolute Gasteiger partial charge is 0.331 e. The lowest BCUT2D eigenvalue weighted by Gasteiger charge is -2.64. The Labute approximate surface area is 216 Å². The van der Waals surface area contributed by atoms with Gasteiger partial charge in [0.15, 0.2) is 0 Å². The fourth-order valence-corrected chi connectivity index (χ4v) is 9.24. The van der Waals surface area contributed by atoms with Crippen LogP contribution in [-0.4, -0.2) is 45.6 Å². The summed E-state index contributed by atoms with van der Waals surface area (Å²) >= 11 is 0. The molecule has 0 saturated heterocycles. The van der Waals surface area contributed by atoms with Crippen LogP contribution < -0.4 is 0 Å². The fourth-order valence-electron chi connectivity index (χ4n) is 9.24. The van der Waals surface area contributed by atoms with Gasteiger partial charge in [-0.25, -0.2) is 4.79 Å². The second-order valence-electron chi connectivity index (χ2n) is 13.0. The van der Waals surface area contributed by atoms with Crippen molar-refractivity contribution < 1.29 is 29.6 Å². The summed E-state index contributed by atoms with van der Waals surface area (Å²) in [6, 6.07) is 0. The van der Waals surface area contributed by atoms with Crippen LogP contribution in [0.5, 0.6) is 0 Å². The summed E-state index contributed by atoms with van der Waals surface area (Å²) in [6.07, 6.45) is 6.42. The molecular formula is C30H46O6. The summed E-state index contributed by atoms with van der Waals surface area (Å²) < 4.78 is 5.83. The number of fused-ring (bicyclic) bond motifs is 5. The topological polar surface area (TPSA) is 104 Å². The van der Waals surface area contributed by atoms with E-state index in [4.69, 9.17) is 4.74 Å². The molecule has 10 atom stereocenters. The van der Waals surface area contributed by atoms with E-state index in [1.165, 1.54) is 6.92 Å². The van der Waals surface area contributed by atoms with Crippen molar-refractivity contribution in [2.24, 2.45) is 40.4 Å². The van der Waals surface area contributed by atoms with E-state index in [0.29, 0.717) is 37.2 Å². The molecular weight excluding hydrogens is 456 g/mol. The molecule has 4 aliphatic carbocycles. The third-order valence-electron chi connectivity index (χ3n) is 10.8. The SMILES string of the molecule is CC(=O)OC1C[C@]2(C)C3CC[C@H]4[C@H](C)[C@H](O)CC[C@]4(C)[C@H]3[C@H](O)C[C@H]2C1=C(CCC=C(C)C)C(=O)O. The summed E-state index contributed by atoms with van der Waals surface area (Å²) in [5.74, 6) is -0.558. The molecule has 0 amide bonds. The van der Waals surface area contributed by atoms with Gasteiger partial charge in [0, 0.05) is 12.5 Å². The molecule has 0 radical (unpaired) electrons. The van der Waals surface area contributed by atoms with Crippen molar-refractivity contribution in [2.75, 3.05) is 0 Å². The minimum Gasteiger partial charge on any atom is -0.478 e. The summed E-state index contributed by atoms with van der Waals surface area (Å²) in [6.45, 7) is 12.1. The normalized spacial score (nSPS) is 45.1. The van der Waals surface area contributed by atoms with E-state index < -0.39 is 24.1 Å². The number of ether oxygens (including phenoxy) is 1. The number of carbonyl (C=O) groups is 2. The molecule has 3 N–H and O–H groups in total. The lowest BCUT2D eigenvalue weighted by molar-refractivity contribution is -0.191. The minimum absolute atomic E-state index is 0.0581. The Bertz CT molecular complexity index is 947. The molecule has 0 heterocycles. The molecule has 4 rings (SSSR count). The Hall–Kier alpha value is -1.66. The monoisotopic (exact) mass is 502 g/mol. The molecule has 0 aliphatic heterocycles. The first-order valence-electron chi connectivity index (χ1n) is 13.9. The highest BCUT2D eigenvalue weighted by molar-refractivity contribution is 5.88. The first-order valence-corrected chi connectivity index (χ1v) is 13.9. The number of esters is 1. The zero-order valence-corrected chi connectivity index (χ0v) is 22.9. The van der Waals surface area contributed by atoms with Crippen molar-refractivity contribution in [1.29, 1.82) is 0 Å². The van der Waals surface area contributed by atoms with Crippen LogP contribution in [0, 0.1) is 40.4 Å². The van der Waals surface area contributed by atoms with Gasteiger partial charge in [-0.2, -0.15) is 0 Å². The molecule has 36 heavy (non-hydrogen) atoms. The highest BCUT2D eigenvalue weighted by atomic mass is 16.5. The Morgan fingerprint density at radius 3 is 2.31 bits per heavy atom. The number of carboxylic acid groups (broad SMARTS) is 1. The average molecular weight is 503 g/mol. The predicted molar refractivity (Wildman–Crippen MR) is 138 cm³/mol. The predicted octanol–water partition coefficient (Wildman–Crippen LogP) is 5.28. The summed E-state index contributed by atoms with van der Waals surface area (Å²) in [7, 11) is 0. The lowest BCUT2D eigenvalue weighted by atomic mass is 9.42. The number of aliphatic hydroxyl groups excluding tert-OH is 2. The van der Waals surface area contributed by atoms with Crippen LogP contribution in [0.1, 0.15) is 92.9 Å². The molecule has 6 nitrogen and oxygen atoms in total. The van der Waals surface area contributed by atoms with Gasteiger partial charge in [0.25, 0.3) is 0 Å². The van der Waals surface area contributed by atoms with Gasteiger partial charge in [-0.3, -0.25) is 4.79 Å². The second kappa shape index (κ2) is 9.90. The van der Waals surface area contributed by atoms with Crippen molar-refractivity contribution in [3.05, 3.63) is 22.8 Å². The molecule has 0 aromatic heterocycles. The van der Waals surface area contributed by atoms with Gasteiger partial charge in [-0.05, 0) is 111 Å². The maximum absolute atomic E-state index is 12.5. The lowest BCUT2D eigenvalue weighted by Crippen LogP contribution is -2.61. The van der Waals surface area contributed by atoms with Crippen LogP contribution in [0.4, 0.5) is 0 Å². The van der Waals surface area contributed by atoms with Gasteiger partial charge in [-0.15, -0.1) is 0 Å². The zero-order valence-electron chi connectivity index (χ0n) is 22.9. The van der Waals surface area contributed by atoms with Crippen molar-refractivity contribution in [1.82, 2.24) is 0 Å². The number of aliphatic carboxylic acids is 1. The Morgan fingerprint density at radius 1 is 1.03 bits per heavy atom. The van der Waals surface area contributed by atoms with E-state index in [1.54, 1.807) is 0 Å². The molecule has 0 aromatic rings. The number of rotatable bonds is 5. The van der Waals surface area contributed by atoms with E-state index in [9.17, 15) is 24.9 Å². The molecule has 0 bridgehead atoms. The molecule has 6 heteroatoms. The fraction of sp³-hybridized carbons (Fsp3) is 0.800. The van der Waals surface area contributed by atoms with Crippen LogP contribution in [0.2, 0.25) is 0 Å². The third kappa shape index (κ3) is 4.47. The molecule has 202 valence electrons. The zero-order chi connectivity index (χ0) is 26.6. The maximum Gasteiger partial charge on any atom is 0.331 e. The van der Waals surface area contributed by atoms with Gasteiger partial charge in [-0.1, -0.05) is 32.4 Å². The van der Waals surface area contributed by atoms with Crippen LogP contribution in [0.3, 0.4) is 0 Å². The third-order valence-corrected chi connectivity index (χ3v) is 10.8. The highest BCUT2D eigenvalue weighted by Gasteiger charge is 2.66. The quantitative estimate of drug-likeness (QED) is 0.269. The van der Waals surface area contributed by atoms with Gasteiger partial charge in [0.2, 0.25) is 0 Å². The summed E-state index contributed by atoms with van der Waals surface area (Å²) in [5.41, 5.74) is 1.93. The van der Waals surface area contributed by atoms with E-state index in [-0.39, 0.29) is 40.6 Å². The minimum atomic E-state index is -0.948. The van der Waals surface area contributed by atoms with Crippen LogP contribution in [0.25, 0.3) is 0 Å². The number of hydrogen-bond acceptors (Lipinski definition) is 5. The number of allylic oxidation sites excluding steroid dienone is 2. The first-order chi connectivity index (χ1) is 16.8. The van der Waals surface area contributed by atoms with Crippen LogP contribution in [0.15, 0.2) is 22.8 Å². The van der Waals surface area contributed by atoms with Crippen molar-refractivity contribution in [3.63, 3.8) is 0 Å². The van der Waals surface area contributed by atoms with Crippen LogP contribution >= 0.6 is 0 Å². The van der Waals surface area contributed by atoms with Crippen LogP contribution in [-0.2, 0) is 14.3 Å². The van der Waals surface area contributed by atoms with Crippen molar-refractivity contribution in [3.8, 4) is 0 Å². The highest BCUT2D eigenvalue weighted by Crippen LogP contribution is 2.69. The molecule has 0 aromatic carbocycles. The molecule has 0 spiro atoms. The summed E-state index contributed by atoms with van der Waals surface area (Å²) in [4.78, 5) is 24.7. The average Bonchev–Trinajstić information content (AvgIpc) is 3.04. The van der Waals surface area contributed by atoms with E-state index in [1.807, 2.05) is 19.9 Å². The second-order valence-corrected chi connectivity index (χ2v) is 13.0. The van der Waals surface area contributed by atoms with Gasteiger partial charge >= 0.3 is 11.9 Å². The number of carbonyl (C=O) groups excluding carboxylic acids is 1. The standard InChI is InChI=1S/C30H46O6/c1-16(2)8-7-9-19(28(34)35)26-22-14-24(33)27-21(30(22,6)15-25(26)36-18(4)31)11-10-20-17(3)23(32)12-13-29(20,27)5/h8,17,20-25,27,32-33H,7,9-15H2,1-6H3,(H,34,35)/t17-,20-,21?,22-,23+,24+,25?,27+,29-,30+/m0/s1. The largest absolute Gasteiger partial charge is 0.478 e. The van der Waals surface area contributed by atoms with Gasteiger partial charge < -0.3 is 20.1 Å². The van der Waals surface area contributed by atoms with Crippen molar-refractivity contribution >= 4 is 11.9 Å². The summed E-state index contributed by atoms with van der Waals surface area (Å²) in [5, 5.41) is 32.6.